The average molecular weight is 780 g/mol. The fourth-order valence-electron chi connectivity index (χ4n) is 6.67. The molecule has 2 aliphatic rings. The number of phenols is 2. The molecule has 11 heteroatoms. The molecule has 0 aliphatic carbocycles. The third-order valence-electron chi connectivity index (χ3n) is 9.72. The van der Waals surface area contributed by atoms with Crippen molar-refractivity contribution in [3.63, 3.8) is 0 Å². The van der Waals surface area contributed by atoms with E-state index in [1.54, 1.807) is 6.21 Å². The van der Waals surface area contributed by atoms with Gasteiger partial charge >= 0.3 is 12.1 Å². The Hall–Kier alpha value is -3.57. The minimum absolute atomic E-state index is 0. The average Bonchev–Trinajstić information content (AvgIpc) is 3.00. The van der Waals surface area contributed by atoms with Gasteiger partial charge in [-0.3, -0.25) is 24.4 Å². The van der Waals surface area contributed by atoms with Crippen molar-refractivity contribution in [1.29, 1.82) is 0 Å². The fraction of sp³-hybridized carbons (Fsp3) is 0.619. The number of carboxylic acid groups (broad SMARTS) is 2. The zero-order chi connectivity index (χ0) is 39.2. The Morgan fingerprint density at radius 3 is 1.91 bits per heavy atom. The molecule has 0 spiro atoms. The van der Waals surface area contributed by atoms with Crippen molar-refractivity contribution >= 4 is 24.5 Å². The number of hydrogen-bond acceptors (Lipinski definition) is 7. The van der Waals surface area contributed by atoms with Crippen molar-refractivity contribution in [2.24, 2.45) is 9.98 Å². The Kier molecular flexibility index (Phi) is 15.6. The summed E-state index contributed by atoms with van der Waals surface area (Å²) in [5.41, 5.74) is 4.96. The first-order chi connectivity index (χ1) is 23.9. The molecule has 1 radical (unpaired) electrons. The zero-order valence-corrected chi connectivity index (χ0v) is 35.3. The number of phenolic OH excluding ortho intramolecular Hbond substituents is 2. The van der Waals surface area contributed by atoms with Crippen LogP contribution in [0.25, 0.3) is 0 Å². The molecular formula is C42H66CoN5O5+. The number of aromatic hydroxyl groups is 2. The minimum atomic E-state index is -1.83. The standard InChI is InChI=1S/C41H63N5O2.CH2O3.Co/c1-38(2,3)32-22-29(16-13-18-45-20-15-21-46-19-14-17-44(12)37(45)46)35(47)31(24-32)27-43-41(10,11)28-42-26-30-23-33(39(4,5)6)25-34(36(30)48)40(7,8)9;2-1(3)4;/h22-27H,13-21,28H2,1-12H3,(H-,42,43,47,48);(H2,2,3,4);/p+1. The summed E-state index contributed by atoms with van der Waals surface area (Å²) in [5, 5.41) is 36.6. The Bertz CT molecular complexity index is 1660. The molecule has 1 fully saturated rings. The summed E-state index contributed by atoms with van der Waals surface area (Å²) >= 11 is 0. The van der Waals surface area contributed by atoms with Crippen LogP contribution in [0.15, 0.2) is 34.3 Å². The molecule has 2 heterocycles. The number of aryl methyl sites for hydroxylation is 1. The van der Waals surface area contributed by atoms with E-state index in [0.29, 0.717) is 18.0 Å². The molecule has 4 N–H and O–H groups in total. The molecule has 0 atom stereocenters. The second kappa shape index (κ2) is 18.2. The second-order valence-corrected chi connectivity index (χ2v) is 18.1. The van der Waals surface area contributed by atoms with Crippen LogP contribution >= 0.6 is 0 Å². The third kappa shape index (κ3) is 13.1. The number of rotatable bonds is 9. The summed E-state index contributed by atoms with van der Waals surface area (Å²) in [6.45, 7) is 29.7. The number of guanidine groups is 1. The summed E-state index contributed by atoms with van der Waals surface area (Å²) in [6, 6.07) is 8.45. The maximum Gasteiger partial charge on any atom is 0.503 e. The van der Waals surface area contributed by atoms with E-state index in [1.807, 2.05) is 6.21 Å². The fourth-order valence-corrected chi connectivity index (χ4v) is 6.67. The number of benzene rings is 2. The van der Waals surface area contributed by atoms with Crippen LogP contribution in [0.1, 0.15) is 129 Å². The predicted octanol–water partition coefficient (Wildman–Crippen LogP) is 7.87. The van der Waals surface area contributed by atoms with E-state index in [2.05, 4.69) is 122 Å². The van der Waals surface area contributed by atoms with Crippen LogP contribution in [0.4, 0.5) is 4.79 Å². The van der Waals surface area contributed by atoms with E-state index in [4.69, 9.17) is 25.0 Å². The smallest absolute Gasteiger partial charge is 0.503 e. The number of fused-ring (bicyclic) bond motifs is 1. The number of carbonyl (C=O) groups is 1. The number of hydrogen-bond donors (Lipinski definition) is 4. The first-order valence-electron chi connectivity index (χ1n) is 18.7. The molecule has 53 heavy (non-hydrogen) atoms. The van der Waals surface area contributed by atoms with Gasteiger partial charge in [-0.25, -0.2) is 4.79 Å². The molecular weight excluding hydrogens is 713 g/mol. The predicted molar refractivity (Wildman–Crippen MR) is 214 cm³/mol. The van der Waals surface area contributed by atoms with Crippen LogP contribution in [0.2, 0.25) is 0 Å². The maximum absolute atomic E-state index is 11.5. The summed E-state index contributed by atoms with van der Waals surface area (Å²) in [7, 11) is 2.22. The normalized spacial score (nSPS) is 15.7. The first kappa shape index (κ1) is 45.6. The van der Waals surface area contributed by atoms with Gasteiger partial charge in [-0.2, -0.15) is 0 Å². The van der Waals surface area contributed by atoms with E-state index < -0.39 is 11.7 Å². The molecule has 0 bridgehead atoms. The molecule has 0 aromatic heterocycles. The summed E-state index contributed by atoms with van der Waals surface area (Å²) in [5.74, 6) is 2.00. The van der Waals surface area contributed by atoms with Crippen LogP contribution in [0.3, 0.4) is 0 Å². The van der Waals surface area contributed by atoms with Gasteiger partial charge in [0, 0.05) is 58.7 Å². The molecule has 2 aromatic rings. The minimum Gasteiger partial charge on any atom is -0.507 e. The topological polar surface area (TPSA) is 132 Å². The quantitative estimate of drug-likeness (QED) is 0.151. The van der Waals surface area contributed by atoms with Crippen molar-refractivity contribution in [2.45, 2.75) is 124 Å². The van der Waals surface area contributed by atoms with Crippen LogP contribution in [-0.4, -0.2) is 111 Å². The molecule has 0 unspecified atom stereocenters. The molecule has 1 saturated heterocycles. The first-order valence-corrected chi connectivity index (χ1v) is 18.7. The van der Waals surface area contributed by atoms with E-state index in [-0.39, 0.29) is 33.0 Å². The van der Waals surface area contributed by atoms with E-state index in [0.717, 1.165) is 67.8 Å². The van der Waals surface area contributed by atoms with Gasteiger partial charge in [-0.1, -0.05) is 74.4 Å². The van der Waals surface area contributed by atoms with Gasteiger partial charge in [0.2, 0.25) is 0 Å². The van der Waals surface area contributed by atoms with E-state index >= 15 is 0 Å². The van der Waals surface area contributed by atoms with Crippen molar-refractivity contribution in [1.82, 2.24) is 9.80 Å². The van der Waals surface area contributed by atoms with Crippen LogP contribution in [0, 0.1) is 0 Å². The Morgan fingerprint density at radius 1 is 0.792 bits per heavy atom. The largest absolute Gasteiger partial charge is 0.507 e. The third-order valence-corrected chi connectivity index (χ3v) is 9.72. The van der Waals surface area contributed by atoms with Gasteiger partial charge in [0.25, 0.3) is 0 Å². The molecule has 297 valence electrons. The summed E-state index contributed by atoms with van der Waals surface area (Å²) in [4.78, 5) is 23.4. The van der Waals surface area contributed by atoms with Crippen LogP contribution in [0.5, 0.6) is 11.5 Å². The molecule has 10 nitrogen and oxygen atoms in total. The summed E-state index contributed by atoms with van der Waals surface area (Å²) in [6.07, 6.45) is 5.99. The SMILES string of the molecule is C[N+]1=C2N(CCCc3cc(C(C)(C)C)cc(C=NC(C)(C)CN=Cc4cc(C(C)(C)C)cc(C(C)(C)C)c4O)c3O)CCCN2CCC1.O=C(O)O.[Co]. The number of aliphatic imine (C=N–C) groups is 2. The van der Waals surface area contributed by atoms with Crippen molar-refractivity contribution < 1.29 is 46.6 Å². The van der Waals surface area contributed by atoms with Gasteiger partial charge in [-0.15, -0.1) is 0 Å². The van der Waals surface area contributed by atoms with Gasteiger partial charge in [0.1, 0.15) is 11.5 Å². The van der Waals surface area contributed by atoms with E-state index in [9.17, 15) is 10.2 Å². The molecule has 2 aromatic carbocycles. The second-order valence-electron chi connectivity index (χ2n) is 18.1. The zero-order valence-electron chi connectivity index (χ0n) is 34.3. The Morgan fingerprint density at radius 2 is 1.34 bits per heavy atom. The number of nitrogens with zero attached hydrogens (tertiary/aromatic N) is 5. The van der Waals surface area contributed by atoms with Crippen LogP contribution in [-0.2, 0) is 39.4 Å². The Labute approximate surface area is 329 Å². The summed E-state index contributed by atoms with van der Waals surface area (Å²) < 4.78 is 2.41. The van der Waals surface area contributed by atoms with E-state index in [1.165, 1.54) is 29.9 Å². The molecule has 0 saturated carbocycles. The molecule has 2 aliphatic heterocycles. The monoisotopic (exact) mass is 779 g/mol. The van der Waals surface area contributed by atoms with Gasteiger partial charge < -0.3 is 20.4 Å². The van der Waals surface area contributed by atoms with Gasteiger partial charge in [-0.05, 0) is 71.8 Å². The van der Waals surface area contributed by atoms with Crippen molar-refractivity contribution in [3.05, 3.63) is 57.6 Å². The Balaban J connectivity index is 0.00000185. The maximum atomic E-state index is 11.5. The van der Waals surface area contributed by atoms with Crippen molar-refractivity contribution in [2.75, 3.05) is 46.3 Å². The molecule has 4 rings (SSSR count). The van der Waals surface area contributed by atoms with Gasteiger partial charge in [0.05, 0.1) is 51.9 Å². The van der Waals surface area contributed by atoms with Crippen LogP contribution < -0.4 is 0 Å². The van der Waals surface area contributed by atoms with Gasteiger partial charge in [0.15, 0.2) is 0 Å². The van der Waals surface area contributed by atoms with Crippen molar-refractivity contribution in [3.8, 4) is 11.5 Å². The molecule has 0 amide bonds.